The van der Waals surface area contributed by atoms with Crippen LogP contribution in [0, 0.1) is 30.9 Å². The molecular formula is C53H62N4OPt. The van der Waals surface area contributed by atoms with E-state index in [1.54, 1.807) is 0 Å². The van der Waals surface area contributed by atoms with Crippen LogP contribution in [0.5, 0.6) is 11.5 Å². The zero-order chi connectivity index (χ0) is 41.9. The molecule has 7 aromatic rings. The number of benzene rings is 4. The molecule has 310 valence electrons. The summed E-state index contributed by atoms with van der Waals surface area (Å²) in [7, 11) is 0. The monoisotopic (exact) mass is 965 g/mol. The van der Waals surface area contributed by atoms with Crippen LogP contribution < -0.4 is 4.74 Å². The van der Waals surface area contributed by atoms with Gasteiger partial charge in [0.15, 0.2) is 0 Å². The topological polar surface area (TPSA) is 44.9 Å². The SMILES string of the molecule is Cc1ccnc(-n2c3[c-]c(Oc4[c-]c(-n5cc(-c6c(CC(C)C)c(C(C)(C)C)c(C(C)(C)C)c(C(C)(C)C)c6CC(C)C)cn5)ccc4)ccc3c3ccccc32)c1.[Pt+2]. The van der Waals surface area contributed by atoms with E-state index in [0.717, 1.165) is 57.3 Å². The van der Waals surface area contributed by atoms with Gasteiger partial charge in [0.25, 0.3) is 0 Å². The molecule has 0 saturated heterocycles. The Morgan fingerprint density at radius 2 is 1.29 bits per heavy atom. The molecule has 4 aromatic carbocycles. The van der Waals surface area contributed by atoms with Crippen LogP contribution in [0.1, 0.15) is 123 Å². The molecule has 0 N–H and O–H groups in total. The predicted molar refractivity (Wildman–Crippen MR) is 243 cm³/mol. The number of para-hydroxylation sites is 1. The smallest absolute Gasteiger partial charge is 0.509 e. The Kier molecular flexibility index (Phi) is 12.4. The molecule has 0 bridgehead atoms. The van der Waals surface area contributed by atoms with Gasteiger partial charge in [0.2, 0.25) is 0 Å². The summed E-state index contributed by atoms with van der Waals surface area (Å²) in [4.78, 5) is 4.74. The first-order chi connectivity index (χ1) is 27.2. The molecule has 0 atom stereocenters. The average molecular weight is 966 g/mol. The number of hydrogen-bond acceptors (Lipinski definition) is 3. The van der Waals surface area contributed by atoms with E-state index in [1.165, 1.54) is 33.4 Å². The minimum absolute atomic E-state index is 0. The van der Waals surface area contributed by atoms with Crippen molar-refractivity contribution < 1.29 is 25.8 Å². The normalized spacial score (nSPS) is 12.5. The summed E-state index contributed by atoms with van der Waals surface area (Å²) >= 11 is 0. The van der Waals surface area contributed by atoms with Crippen molar-refractivity contribution in [2.75, 3.05) is 0 Å². The van der Waals surface area contributed by atoms with Crippen LogP contribution in [0.3, 0.4) is 0 Å². The van der Waals surface area contributed by atoms with Gasteiger partial charge >= 0.3 is 21.1 Å². The molecule has 0 aliphatic carbocycles. The van der Waals surface area contributed by atoms with Gasteiger partial charge in [-0.05, 0) is 116 Å². The van der Waals surface area contributed by atoms with Gasteiger partial charge in [-0.2, -0.15) is 17.2 Å². The van der Waals surface area contributed by atoms with Crippen molar-refractivity contribution in [3.05, 3.63) is 131 Å². The van der Waals surface area contributed by atoms with Crippen LogP contribution in [0.4, 0.5) is 0 Å². The Morgan fingerprint density at radius 1 is 0.678 bits per heavy atom. The van der Waals surface area contributed by atoms with E-state index in [-0.39, 0.29) is 37.3 Å². The van der Waals surface area contributed by atoms with Gasteiger partial charge in [-0.3, -0.25) is 4.68 Å². The van der Waals surface area contributed by atoms with E-state index in [1.807, 2.05) is 41.2 Å². The third-order valence-corrected chi connectivity index (χ3v) is 11.0. The molecule has 0 amide bonds. The number of aromatic nitrogens is 4. The largest absolute Gasteiger partial charge is 2.00 e. The zero-order valence-electron chi connectivity index (χ0n) is 37.7. The van der Waals surface area contributed by atoms with E-state index in [4.69, 9.17) is 14.8 Å². The molecular weight excluding hydrogens is 904 g/mol. The zero-order valence-corrected chi connectivity index (χ0v) is 39.9. The molecule has 0 radical (unpaired) electrons. The van der Waals surface area contributed by atoms with Crippen molar-refractivity contribution in [2.24, 2.45) is 11.8 Å². The van der Waals surface area contributed by atoms with Crippen molar-refractivity contribution in [2.45, 2.75) is 126 Å². The summed E-state index contributed by atoms with van der Waals surface area (Å²) in [6, 6.07) is 29.8. The van der Waals surface area contributed by atoms with Crippen molar-refractivity contribution >= 4 is 21.8 Å². The second-order valence-electron chi connectivity index (χ2n) is 20.2. The van der Waals surface area contributed by atoms with Gasteiger partial charge in [0.1, 0.15) is 5.82 Å². The molecule has 6 heteroatoms. The van der Waals surface area contributed by atoms with Crippen LogP contribution >= 0.6 is 0 Å². The number of rotatable bonds is 9. The third kappa shape index (κ3) is 8.88. The van der Waals surface area contributed by atoms with Crippen molar-refractivity contribution in [3.63, 3.8) is 0 Å². The van der Waals surface area contributed by atoms with Gasteiger partial charge < -0.3 is 9.30 Å². The molecule has 0 aliphatic rings. The van der Waals surface area contributed by atoms with Crippen molar-refractivity contribution in [1.29, 1.82) is 0 Å². The standard InChI is InChI=1S/C53H62N4O.Pt/c1-33(2)26-42-47(43(27-34(3)4)49(52(9,10)11)50(53(12,13)14)48(42)51(6,7)8)36-31-55-56(32-36)37-18-17-19-38(29-37)58-39-22-23-41-40-20-15-16-21-44(40)57(45(41)30-39)46-28-35(5)24-25-54-46;/h15-25,28,31-34H,26-27H2,1-14H3;/q-2;+2. The molecule has 0 unspecified atom stereocenters. The maximum absolute atomic E-state index is 6.54. The molecule has 59 heavy (non-hydrogen) atoms. The fourth-order valence-electron chi connectivity index (χ4n) is 8.98. The van der Waals surface area contributed by atoms with E-state index in [9.17, 15) is 0 Å². The van der Waals surface area contributed by atoms with Crippen molar-refractivity contribution in [3.8, 4) is 34.1 Å². The Bertz CT molecular complexity index is 2570. The first kappa shape index (κ1) is 44.1. The van der Waals surface area contributed by atoms with Gasteiger partial charge in [-0.25, -0.2) is 4.98 Å². The summed E-state index contributed by atoms with van der Waals surface area (Å²) in [6.45, 7) is 33.1. The number of ether oxygens (including phenoxy) is 1. The summed E-state index contributed by atoms with van der Waals surface area (Å²) in [6.07, 6.45) is 8.14. The third-order valence-electron chi connectivity index (χ3n) is 11.0. The van der Waals surface area contributed by atoms with Gasteiger partial charge in [-0.15, -0.1) is 35.7 Å². The maximum atomic E-state index is 6.54. The summed E-state index contributed by atoms with van der Waals surface area (Å²) < 4.78 is 10.7. The Morgan fingerprint density at radius 3 is 1.88 bits per heavy atom. The molecule has 0 saturated carbocycles. The fourth-order valence-corrected chi connectivity index (χ4v) is 8.98. The van der Waals surface area contributed by atoms with Crippen LogP contribution in [0.2, 0.25) is 0 Å². The summed E-state index contributed by atoms with van der Waals surface area (Å²) in [5.41, 5.74) is 13.8. The molecule has 7 rings (SSSR count). The quantitative estimate of drug-likeness (QED) is 0.135. The fraction of sp³-hybridized carbons (Fsp3) is 0.396. The number of hydrogen-bond donors (Lipinski definition) is 0. The summed E-state index contributed by atoms with van der Waals surface area (Å²) in [5, 5.41) is 7.28. The Labute approximate surface area is 367 Å². The number of fused-ring (bicyclic) bond motifs is 3. The van der Waals surface area contributed by atoms with Crippen LogP contribution in [0.15, 0.2) is 85.3 Å². The summed E-state index contributed by atoms with van der Waals surface area (Å²) in [5.74, 6) is 3.04. The molecule has 3 heterocycles. The van der Waals surface area contributed by atoms with E-state index < -0.39 is 0 Å². The minimum Gasteiger partial charge on any atom is -0.509 e. The second-order valence-corrected chi connectivity index (χ2v) is 20.2. The second kappa shape index (κ2) is 16.5. The molecule has 3 aromatic heterocycles. The Hall–Kier alpha value is -4.47. The van der Waals surface area contributed by atoms with Crippen molar-refractivity contribution in [1.82, 2.24) is 19.3 Å². The van der Waals surface area contributed by atoms with Crippen LogP contribution in [-0.2, 0) is 50.2 Å². The predicted octanol–water partition coefficient (Wildman–Crippen LogP) is 14.0. The Balaban J connectivity index is 0.00000585. The average Bonchev–Trinajstić information content (AvgIpc) is 3.73. The van der Waals surface area contributed by atoms with E-state index in [0.29, 0.717) is 23.3 Å². The first-order valence-electron chi connectivity index (χ1n) is 21.1. The molecule has 0 fully saturated rings. The van der Waals surface area contributed by atoms with E-state index >= 15 is 0 Å². The molecule has 0 aliphatic heterocycles. The maximum Gasteiger partial charge on any atom is 2.00 e. The van der Waals surface area contributed by atoms with Gasteiger partial charge in [-0.1, -0.05) is 114 Å². The molecule has 0 spiro atoms. The number of pyridine rings is 1. The van der Waals surface area contributed by atoms with Gasteiger partial charge in [0.05, 0.1) is 6.20 Å². The number of nitrogens with zero attached hydrogens (tertiary/aromatic N) is 4. The first-order valence-corrected chi connectivity index (χ1v) is 21.1. The van der Waals surface area contributed by atoms with Crippen LogP contribution in [0.25, 0.3) is 44.4 Å². The molecule has 5 nitrogen and oxygen atoms in total. The van der Waals surface area contributed by atoms with Gasteiger partial charge in [0, 0.05) is 35.0 Å². The number of aryl methyl sites for hydroxylation is 1. The van der Waals surface area contributed by atoms with Crippen LogP contribution in [-0.4, -0.2) is 19.3 Å². The van der Waals surface area contributed by atoms with E-state index in [2.05, 4.69) is 162 Å². The minimum atomic E-state index is -0.0572.